The van der Waals surface area contributed by atoms with E-state index >= 15 is 0 Å². The third-order valence-electron chi connectivity index (χ3n) is 5.24. The Kier molecular flexibility index (Phi) is 4.55. The largest absolute Gasteiger partial charge is 0.550 e. The molecule has 24 heavy (non-hydrogen) atoms. The van der Waals surface area contributed by atoms with Gasteiger partial charge in [-0.25, -0.2) is 0 Å². The monoisotopic (exact) mass is 329 g/mol. The van der Waals surface area contributed by atoms with E-state index in [0.29, 0.717) is 11.4 Å². The maximum atomic E-state index is 12.7. The van der Waals surface area contributed by atoms with Gasteiger partial charge in [0.05, 0.1) is 0 Å². The van der Waals surface area contributed by atoms with Crippen LogP contribution in [-0.4, -0.2) is 17.8 Å². The van der Waals surface area contributed by atoms with Crippen molar-refractivity contribution in [2.24, 2.45) is 23.7 Å². The fraction of sp³-hybridized carbons (Fsp3) is 0.500. The molecule has 6 heteroatoms. The summed E-state index contributed by atoms with van der Waals surface area (Å²) < 4.78 is 0. The van der Waals surface area contributed by atoms with Gasteiger partial charge in [0.15, 0.2) is 0 Å². The lowest BCUT2D eigenvalue weighted by molar-refractivity contribution is -0.318. The van der Waals surface area contributed by atoms with E-state index in [1.807, 2.05) is 0 Å². The Balaban J connectivity index is 1.76. The summed E-state index contributed by atoms with van der Waals surface area (Å²) in [6, 6.07) is 6.83. The number of anilines is 2. The molecule has 6 nitrogen and oxygen atoms in total. The predicted molar refractivity (Wildman–Crippen MR) is 86.8 cm³/mol. The summed E-state index contributed by atoms with van der Waals surface area (Å²) in [6.45, 7) is 1.41. The highest BCUT2D eigenvalue weighted by atomic mass is 16.4. The lowest BCUT2D eigenvalue weighted by Gasteiger charge is -2.48. The van der Waals surface area contributed by atoms with E-state index in [9.17, 15) is 19.5 Å². The van der Waals surface area contributed by atoms with Crippen LogP contribution in [0, 0.1) is 23.7 Å². The molecule has 0 unspecified atom stereocenters. The topological polar surface area (TPSA) is 98.3 Å². The van der Waals surface area contributed by atoms with Crippen LogP contribution in [0.3, 0.4) is 0 Å². The van der Waals surface area contributed by atoms with Crippen molar-refractivity contribution in [1.82, 2.24) is 0 Å². The quantitative estimate of drug-likeness (QED) is 0.872. The van der Waals surface area contributed by atoms with Gasteiger partial charge in [0.2, 0.25) is 11.8 Å². The van der Waals surface area contributed by atoms with Crippen molar-refractivity contribution in [2.45, 2.75) is 32.6 Å². The first kappa shape index (κ1) is 16.5. The van der Waals surface area contributed by atoms with Gasteiger partial charge >= 0.3 is 0 Å². The number of carboxylic acid groups (broad SMARTS) is 1. The normalized spacial score (nSPS) is 28.2. The second-order valence-electron chi connectivity index (χ2n) is 6.80. The number of rotatable bonds is 4. The molecule has 3 saturated carbocycles. The third kappa shape index (κ3) is 3.27. The molecule has 2 amide bonds. The minimum absolute atomic E-state index is 0.0430. The molecule has 1 aromatic carbocycles. The van der Waals surface area contributed by atoms with Crippen LogP contribution in [-0.2, 0) is 14.4 Å². The van der Waals surface area contributed by atoms with Crippen LogP contribution in [0.15, 0.2) is 24.3 Å². The molecule has 0 aliphatic heterocycles. The number of aliphatic carboxylic acids is 1. The Morgan fingerprint density at radius 2 is 1.50 bits per heavy atom. The first-order chi connectivity index (χ1) is 11.5. The molecule has 4 rings (SSSR count). The molecule has 3 fully saturated rings. The summed E-state index contributed by atoms with van der Waals surface area (Å²) in [4.78, 5) is 35.4. The Morgan fingerprint density at radius 1 is 0.958 bits per heavy atom. The minimum Gasteiger partial charge on any atom is -0.550 e. The van der Waals surface area contributed by atoms with E-state index in [1.54, 1.807) is 24.3 Å². The van der Waals surface area contributed by atoms with Crippen molar-refractivity contribution in [3.63, 3.8) is 0 Å². The highest BCUT2D eigenvalue weighted by molar-refractivity contribution is 5.96. The van der Waals surface area contributed by atoms with E-state index < -0.39 is 17.8 Å². The van der Waals surface area contributed by atoms with Gasteiger partial charge in [-0.2, -0.15) is 0 Å². The second kappa shape index (κ2) is 6.63. The van der Waals surface area contributed by atoms with Gasteiger partial charge in [0, 0.05) is 36.1 Å². The zero-order valence-electron chi connectivity index (χ0n) is 13.6. The van der Waals surface area contributed by atoms with E-state index in [-0.39, 0.29) is 23.7 Å². The number of carbonyl (C=O) groups is 3. The summed E-state index contributed by atoms with van der Waals surface area (Å²) in [5, 5.41) is 17.0. The van der Waals surface area contributed by atoms with Gasteiger partial charge in [0.1, 0.15) is 0 Å². The van der Waals surface area contributed by atoms with Crippen LogP contribution >= 0.6 is 0 Å². The molecule has 0 spiro atoms. The van der Waals surface area contributed by atoms with Crippen molar-refractivity contribution in [1.29, 1.82) is 0 Å². The molecule has 0 radical (unpaired) electrons. The number of fused-ring (bicyclic) bond motifs is 3. The van der Waals surface area contributed by atoms with Crippen molar-refractivity contribution in [2.75, 3.05) is 10.6 Å². The van der Waals surface area contributed by atoms with Crippen molar-refractivity contribution in [3.8, 4) is 0 Å². The SMILES string of the molecule is CC(=O)Nc1cccc(NC(=O)[C@@H]2C3CCC(CC3)[C@@H]2C(=O)[O-])c1. The fourth-order valence-corrected chi connectivity index (χ4v) is 4.27. The van der Waals surface area contributed by atoms with E-state index in [4.69, 9.17) is 0 Å². The Labute approximate surface area is 140 Å². The highest BCUT2D eigenvalue weighted by Crippen LogP contribution is 2.49. The number of carbonyl (C=O) groups excluding carboxylic acids is 3. The van der Waals surface area contributed by atoms with E-state index in [1.165, 1.54) is 6.92 Å². The van der Waals surface area contributed by atoms with Gasteiger partial charge in [0.25, 0.3) is 0 Å². The van der Waals surface area contributed by atoms with Crippen molar-refractivity contribution >= 4 is 29.2 Å². The maximum Gasteiger partial charge on any atom is 0.228 e. The first-order valence-corrected chi connectivity index (χ1v) is 8.35. The average Bonchev–Trinajstić information content (AvgIpc) is 2.54. The Hall–Kier alpha value is -2.37. The number of carboxylic acids is 1. The summed E-state index contributed by atoms with van der Waals surface area (Å²) in [5.74, 6) is -2.66. The predicted octanol–water partition coefficient (Wildman–Crippen LogP) is 1.39. The number of amides is 2. The summed E-state index contributed by atoms with van der Waals surface area (Å²) in [7, 11) is 0. The van der Waals surface area contributed by atoms with Gasteiger partial charge in [-0.3, -0.25) is 9.59 Å². The van der Waals surface area contributed by atoms with Gasteiger partial charge in [-0.05, 0) is 55.7 Å². The van der Waals surface area contributed by atoms with E-state index in [2.05, 4.69) is 10.6 Å². The lowest BCUT2D eigenvalue weighted by atomic mass is 9.58. The Morgan fingerprint density at radius 3 is 2.04 bits per heavy atom. The molecule has 128 valence electrons. The van der Waals surface area contributed by atoms with Crippen molar-refractivity contribution < 1.29 is 19.5 Å². The average molecular weight is 329 g/mol. The van der Waals surface area contributed by atoms with Crippen LogP contribution in [0.5, 0.6) is 0 Å². The van der Waals surface area contributed by atoms with Crippen LogP contribution in [0.4, 0.5) is 11.4 Å². The molecule has 2 atom stereocenters. The first-order valence-electron chi connectivity index (χ1n) is 8.35. The van der Waals surface area contributed by atoms with Crippen LogP contribution in [0.1, 0.15) is 32.6 Å². The molecular weight excluding hydrogens is 308 g/mol. The molecule has 3 aliphatic carbocycles. The van der Waals surface area contributed by atoms with Crippen molar-refractivity contribution in [3.05, 3.63) is 24.3 Å². The number of benzene rings is 1. The molecular formula is C18H21N2O4-. The van der Waals surface area contributed by atoms with Crippen LogP contribution in [0.25, 0.3) is 0 Å². The molecule has 0 heterocycles. The van der Waals surface area contributed by atoms with E-state index in [0.717, 1.165) is 25.7 Å². The smallest absolute Gasteiger partial charge is 0.228 e. The zero-order valence-corrected chi connectivity index (χ0v) is 13.6. The molecule has 2 bridgehead atoms. The summed E-state index contributed by atoms with van der Waals surface area (Å²) >= 11 is 0. The van der Waals surface area contributed by atoms with Gasteiger partial charge in [-0.15, -0.1) is 0 Å². The standard InChI is InChI=1S/C18H22N2O4/c1-10(21)19-13-3-2-4-14(9-13)20-17(22)15-11-5-7-12(8-6-11)16(15)18(23)24/h2-4,9,11-12,15-16H,5-8H2,1H3,(H,19,21)(H,20,22)(H,23,24)/p-1/t11?,12?,15-,16+/m1/s1. The molecule has 2 N–H and O–H groups in total. The van der Waals surface area contributed by atoms with Gasteiger partial charge in [-0.1, -0.05) is 6.07 Å². The maximum absolute atomic E-state index is 12.7. The molecule has 3 aliphatic rings. The van der Waals surface area contributed by atoms with Crippen LogP contribution in [0.2, 0.25) is 0 Å². The third-order valence-corrected chi connectivity index (χ3v) is 5.24. The fourth-order valence-electron chi connectivity index (χ4n) is 4.27. The highest BCUT2D eigenvalue weighted by Gasteiger charge is 2.47. The van der Waals surface area contributed by atoms with Crippen LogP contribution < -0.4 is 15.7 Å². The molecule has 1 aromatic rings. The van der Waals surface area contributed by atoms with Gasteiger partial charge < -0.3 is 20.5 Å². The molecule has 0 aromatic heterocycles. The summed E-state index contributed by atoms with van der Waals surface area (Å²) in [6.07, 6.45) is 3.53. The Bertz CT molecular complexity index is 665. The lowest BCUT2D eigenvalue weighted by Crippen LogP contribution is -2.52. The summed E-state index contributed by atoms with van der Waals surface area (Å²) in [5.41, 5.74) is 1.13. The second-order valence-corrected chi connectivity index (χ2v) is 6.80. The minimum atomic E-state index is -1.11. The number of nitrogens with one attached hydrogen (secondary N) is 2. The number of hydrogen-bond acceptors (Lipinski definition) is 4. The zero-order chi connectivity index (χ0) is 17.3. The number of hydrogen-bond donors (Lipinski definition) is 2. The molecule has 0 saturated heterocycles.